The maximum Gasteiger partial charge on any atom is 0.339 e. The summed E-state index contributed by atoms with van der Waals surface area (Å²) >= 11 is 0. The molecule has 1 saturated heterocycles. The van der Waals surface area contributed by atoms with Crippen LogP contribution in [0.15, 0.2) is 12.3 Å². The van der Waals surface area contributed by atoms with E-state index in [9.17, 15) is 4.79 Å². The van der Waals surface area contributed by atoms with E-state index in [-0.39, 0.29) is 5.56 Å². The Bertz CT molecular complexity index is 427. The number of carboxylic acid groups (broad SMARTS) is 1. The average Bonchev–Trinajstić information content (AvgIpc) is 2.30. The Morgan fingerprint density at radius 1 is 1.41 bits per heavy atom. The highest BCUT2D eigenvalue weighted by molar-refractivity contribution is 5.94. The molecule has 0 atom stereocenters. The third-order valence-electron chi connectivity index (χ3n) is 2.92. The number of piperazine rings is 1. The molecule has 92 valence electrons. The number of likely N-dealkylation sites (N-methyl/N-ethyl adjacent to an activating group) is 1. The van der Waals surface area contributed by atoms with Gasteiger partial charge in [0.25, 0.3) is 0 Å². The number of hydrogen-bond donors (Lipinski definition) is 2. The third-order valence-corrected chi connectivity index (χ3v) is 2.92. The molecular weight excluding hydrogens is 220 g/mol. The SMILES string of the molecule is CN1CCN(c2ncc(N)cc2C(=O)O)CC1. The Morgan fingerprint density at radius 3 is 2.65 bits per heavy atom. The molecule has 0 unspecified atom stereocenters. The number of aromatic carboxylic acids is 1. The molecule has 0 bridgehead atoms. The molecule has 6 heteroatoms. The van der Waals surface area contributed by atoms with Gasteiger partial charge in [-0.3, -0.25) is 0 Å². The first kappa shape index (κ1) is 11.7. The van der Waals surface area contributed by atoms with Gasteiger partial charge in [0.15, 0.2) is 0 Å². The van der Waals surface area contributed by atoms with Crippen LogP contribution in [0.3, 0.4) is 0 Å². The highest BCUT2D eigenvalue weighted by Crippen LogP contribution is 2.21. The molecular formula is C11H16N4O2. The van der Waals surface area contributed by atoms with Crippen molar-refractivity contribution in [1.82, 2.24) is 9.88 Å². The van der Waals surface area contributed by atoms with Crippen LogP contribution in [0.2, 0.25) is 0 Å². The molecule has 0 saturated carbocycles. The lowest BCUT2D eigenvalue weighted by molar-refractivity contribution is 0.0697. The lowest BCUT2D eigenvalue weighted by Gasteiger charge is -2.33. The molecule has 0 aliphatic carbocycles. The predicted octanol–water partition coefficient (Wildman–Crippen LogP) is 0.114. The standard InChI is InChI=1S/C11H16N4O2/c1-14-2-4-15(5-3-14)10-9(11(16)17)6-8(12)7-13-10/h6-7H,2-5,12H2,1H3,(H,16,17). The van der Waals surface area contributed by atoms with Crippen molar-refractivity contribution in [3.05, 3.63) is 17.8 Å². The van der Waals surface area contributed by atoms with Crippen LogP contribution < -0.4 is 10.6 Å². The normalized spacial score (nSPS) is 17.1. The van der Waals surface area contributed by atoms with Gasteiger partial charge in [0.1, 0.15) is 11.4 Å². The van der Waals surface area contributed by atoms with Crippen LogP contribution in [-0.2, 0) is 0 Å². The molecule has 3 N–H and O–H groups in total. The summed E-state index contributed by atoms with van der Waals surface area (Å²) < 4.78 is 0. The second-order valence-corrected chi connectivity index (χ2v) is 4.24. The summed E-state index contributed by atoms with van der Waals surface area (Å²) in [7, 11) is 2.05. The van der Waals surface area contributed by atoms with Gasteiger partial charge < -0.3 is 20.6 Å². The molecule has 1 aromatic rings. The molecule has 0 aromatic carbocycles. The van der Waals surface area contributed by atoms with Crippen LogP contribution in [0, 0.1) is 0 Å². The number of nitrogen functional groups attached to an aromatic ring is 1. The maximum absolute atomic E-state index is 11.1. The smallest absolute Gasteiger partial charge is 0.339 e. The summed E-state index contributed by atoms with van der Waals surface area (Å²) in [4.78, 5) is 19.5. The van der Waals surface area contributed by atoms with E-state index in [0.29, 0.717) is 11.5 Å². The fourth-order valence-corrected chi connectivity index (χ4v) is 1.90. The van der Waals surface area contributed by atoms with E-state index in [4.69, 9.17) is 10.8 Å². The van der Waals surface area contributed by atoms with Crippen LogP contribution in [0.4, 0.5) is 11.5 Å². The van der Waals surface area contributed by atoms with Crippen LogP contribution in [0.1, 0.15) is 10.4 Å². The molecule has 1 aromatic heterocycles. The number of nitrogens with two attached hydrogens (primary N) is 1. The van der Waals surface area contributed by atoms with Gasteiger partial charge in [0.2, 0.25) is 0 Å². The minimum Gasteiger partial charge on any atom is -0.478 e. The van der Waals surface area contributed by atoms with Gasteiger partial charge in [0, 0.05) is 26.2 Å². The number of anilines is 2. The van der Waals surface area contributed by atoms with Crippen molar-refractivity contribution in [3.8, 4) is 0 Å². The van der Waals surface area contributed by atoms with E-state index in [2.05, 4.69) is 9.88 Å². The summed E-state index contributed by atoms with van der Waals surface area (Å²) in [6, 6.07) is 1.46. The summed E-state index contributed by atoms with van der Waals surface area (Å²) in [5.41, 5.74) is 6.12. The first-order chi connectivity index (χ1) is 8.08. The summed E-state index contributed by atoms with van der Waals surface area (Å²) in [5, 5.41) is 9.14. The highest BCUT2D eigenvalue weighted by atomic mass is 16.4. The van der Waals surface area contributed by atoms with E-state index in [1.54, 1.807) is 0 Å². The number of carboxylic acids is 1. The van der Waals surface area contributed by atoms with Gasteiger partial charge in [-0.25, -0.2) is 9.78 Å². The molecule has 2 heterocycles. The van der Waals surface area contributed by atoms with Crippen molar-refractivity contribution in [2.24, 2.45) is 0 Å². The second-order valence-electron chi connectivity index (χ2n) is 4.24. The molecule has 6 nitrogen and oxygen atoms in total. The Balaban J connectivity index is 2.28. The van der Waals surface area contributed by atoms with E-state index < -0.39 is 5.97 Å². The van der Waals surface area contributed by atoms with Crippen molar-refractivity contribution < 1.29 is 9.90 Å². The Hall–Kier alpha value is -1.82. The van der Waals surface area contributed by atoms with Crippen LogP contribution in [0.5, 0.6) is 0 Å². The quantitative estimate of drug-likeness (QED) is 0.758. The zero-order chi connectivity index (χ0) is 12.4. The number of pyridine rings is 1. The van der Waals surface area contributed by atoms with Crippen molar-refractivity contribution in [1.29, 1.82) is 0 Å². The van der Waals surface area contributed by atoms with Crippen LogP contribution >= 0.6 is 0 Å². The maximum atomic E-state index is 11.1. The summed E-state index contributed by atoms with van der Waals surface area (Å²) in [6.45, 7) is 3.39. The molecule has 0 spiro atoms. The average molecular weight is 236 g/mol. The fourth-order valence-electron chi connectivity index (χ4n) is 1.90. The summed E-state index contributed by atoms with van der Waals surface area (Å²) in [6.07, 6.45) is 1.50. The largest absolute Gasteiger partial charge is 0.478 e. The number of aromatic nitrogens is 1. The molecule has 0 radical (unpaired) electrons. The molecule has 1 fully saturated rings. The zero-order valence-corrected chi connectivity index (χ0v) is 9.76. The molecule has 17 heavy (non-hydrogen) atoms. The van der Waals surface area contributed by atoms with Crippen molar-refractivity contribution in [3.63, 3.8) is 0 Å². The van der Waals surface area contributed by atoms with E-state index >= 15 is 0 Å². The van der Waals surface area contributed by atoms with Gasteiger partial charge in [-0.05, 0) is 13.1 Å². The first-order valence-corrected chi connectivity index (χ1v) is 5.50. The molecule has 0 amide bonds. The van der Waals surface area contributed by atoms with Gasteiger partial charge in [-0.15, -0.1) is 0 Å². The van der Waals surface area contributed by atoms with Gasteiger partial charge >= 0.3 is 5.97 Å². The van der Waals surface area contributed by atoms with Gasteiger partial charge in [-0.2, -0.15) is 0 Å². The van der Waals surface area contributed by atoms with Crippen LogP contribution in [-0.4, -0.2) is 54.2 Å². The van der Waals surface area contributed by atoms with Crippen molar-refractivity contribution in [2.75, 3.05) is 43.9 Å². The number of hydrogen-bond acceptors (Lipinski definition) is 5. The number of rotatable bonds is 2. The van der Waals surface area contributed by atoms with E-state index in [1.165, 1.54) is 12.3 Å². The van der Waals surface area contributed by atoms with Gasteiger partial charge in [-0.1, -0.05) is 0 Å². The minimum absolute atomic E-state index is 0.176. The third kappa shape index (κ3) is 2.47. The lowest BCUT2D eigenvalue weighted by atomic mass is 10.2. The molecule has 1 aliphatic rings. The first-order valence-electron chi connectivity index (χ1n) is 5.50. The molecule has 1 aliphatic heterocycles. The fraction of sp³-hybridized carbons (Fsp3) is 0.455. The topological polar surface area (TPSA) is 82.7 Å². The van der Waals surface area contributed by atoms with Crippen molar-refractivity contribution >= 4 is 17.5 Å². The number of carbonyl (C=O) groups is 1. The molecule has 2 rings (SSSR count). The Labute approximate surface area is 99.7 Å². The van der Waals surface area contributed by atoms with E-state index in [0.717, 1.165) is 26.2 Å². The summed E-state index contributed by atoms with van der Waals surface area (Å²) in [5.74, 6) is -0.474. The van der Waals surface area contributed by atoms with Gasteiger partial charge in [0.05, 0.1) is 11.9 Å². The Morgan fingerprint density at radius 2 is 2.06 bits per heavy atom. The Kier molecular flexibility index (Phi) is 3.14. The second kappa shape index (κ2) is 4.58. The monoisotopic (exact) mass is 236 g/mol. The number of nitrogens with zero attached hydrogens (tertiary/aromatic N) is 3. The predicted molar refractivity (Wildman–Crippen MR) is 65.3 cm³/mol. The van der Waals surface area contributed by atoms with Crippen molar-refractivity contribution in [2.45, 2.75) is 0 Å². The minimum atomic E-state index is -0.987. The van der Waals surface area contributed by atoms with E-state index in [1.807, 2.05) is 11.9 Å². The highest BCUT2D eigenvalue weighted by Gasteiger charge is 2.21. The lowest BCUT2D eigenvalue weighted by Crippen LogP contribution is -2.45. The zero-order valence-electron chi connectivity index (χ0n) is 9.76. The van der Waals surface area contributed by atoms with Crippen LogP contribution in [0.25, 0.3) is 0 Å².